The van der Waals surface area contributed by atoms with Crippen LogP contribution >= 0.6 is 0 Å². The lowest BCUT2D eigenvalue weighted by atomic mass is 10.1. The van der Waals surface area contributed by atoms with E-state index in [0.717, 1.165) is 34.3 Å². The van der Waals surface area contributed by atoms with Crippen LogP contribution in [0.3, 0.4) is 0 Å². The summed E-state index contributed by atoms with van der Waals surface area (Å²) in [6.45, 7) is 5.20. The van der Waals surface area contributed by atoms with Crippen LogP contribution in [0.25, 0.3) is 17.1 Å². The SMILES string of the molecule is Cc1ccc(-n2nc(N3CCC(F)CC3)cc2-c2cnc(C)cn2)cn1. The summed E-state index contributed by atoms with van der Waals surface area (Å²) in [6, 6.07) is 5.94. The largest absolute Gasteiger partial charge is 0.355 e. The van der Waals surface area contributed by atoms with E-state index in [1.54, 1.807) is 18.6 Å². The minimum atomic E-state index is -0.711. The zero-order valence-corrected chi connectivity index (χ0v) is 14.9. The fourth-order valence-electron chi connectivity index (χ4n) is 3.09. The number of anilines is 1. The molecule has 3 aromatic rings. The van der Waals surface area contributed by atoms with Gasteiger partial charge in [-0.3, -0.25) is 15.0 Å². The summed E-state index contributed by atoms with van der Waals surface area (Å²) in [6.07, 6.45) is 5.66. The molecule has 4 rings (SSSR count). The lowest BCUT2D eigenvalue weighted by Crippen LogP contribution is -2.34. The maximum absolute atomic E-state index is 13.5. The predicted molar refractivity (Wildman–Crippen MR) is 98.2 cm³/mol. The summed E-state index contributed by atoms with van der Waals surface area (Å²) in [5.41, 5.74) is 4.26. The van der Waals surface area contributed by atoms with E-state index in [-0.39, 0.29) is 0 Å². The normalized spacial score (nSPS) is 15.4. The van der Waals surface area contributed by atoms with Gasteiger partial charge in [-0.15, -0.1) is 5.10 Å². The summed E-state index contributed by atoms with van der Waals surface area (Å²) < 4.78 is 15.3. The van der Waals surface area contributed by atoms with E-state index in [9.17, 15) is 4.39 Å². The molecule has 0 aliphatic carbocycles. The van der Waals surface area contributed by atoms with Crippen LogP contribution < -0.4 is 4.90 Å². The van der Waals surface area contributed by atoms with Crippen molar-refractivity contribution >= 4 is 5.82 Å². The second-order valence-corrected chi connectivity index (χ2v) is 6.66. The van der Waals surface area contributed by atoms with Crippen molar-refractivity contribution in [1.82, 2.24) is 24.7 Å². The maximum Gasteiger partial charge on any atom is 0.151 e. The van der Waals surface area contributed by atoms with Crippen molar-refractivity contribution in [2.75, 3.05) is 18.0 Å². The molecule has 0 saturated carbocycles. The number of halogens is 1. The Morgan fingerprint density at radius 1 is 0.962 bits per heavy atom. The Morgan fingerprint density at radius 2 is 1.73 bits per heavy atom. The molecule has 6 nitrogen and oxygen atoms in total. The molecule has 3 aromatic heterocycles. The van der Waals surface area contributed by atoms with Gasteiger partial charge in [0.05, 0.1) is 29.5 Å². The van der Waals surface area contributed by atoms with E-state index in [1.165, 1.54) is 0 Å². The fourth-order valence-corrected chi connectivity index (χ4v) is 3.09. The molecule has 0 N–H and O–H groups in total. The van der Waals surface area contributed by atoms with Gasteiger partial charge >= 0.3 is 0 Å². The molecule has 4 heterocycles. The van der Waals surface area contributed by atoms with Gasteiger partial charge in [-0.25, -0.2) is 9.07 Å². The molecule has 1 aliphatic rings. The highest BCUT2D eigenvalue weighted by Crippen LogP contribution is 2.28. The highest BCUT2D eigenvalue weighted by atomic mass is 19.1. The number of nitrogens with zero attached hydrogens (tertiary/aromatic N) is 6. The number of aryl methyl sites for hydroxylation is 2. The van der Waals surface area contributed by atoms with Crippen LogP contribution in [0.4, 0.5) is 10.2 Å². The van der Waals surface area contributed by atoms with Crippen LogP contribution in [0, 0.1) is 13.8 Å². The topological polar surface area (TPSA) is 59.7 Å². The molecule has 0 atom stereocenters. The molecule has 134 valence electrons. The lowest BCUT2D eigenvalue weighted by molar-refractivity contribution is 0.276. The van der Waals surface area contributed by atoms with E-state index < -0.39 is 6.17 Å². The fraction of sp³-hybridized carbons (Fsp3) is 0.368. The Bertz CT molecular complexity index is 816. The number of hydrogen-bond acceptors (Lipinski definition) is 5. The molecule has 0 amide bonds. The number of hydrogen-bond donors (Lipinski definition) is 0. The van der Waals surface area contributed by atoms with Gasteiger partial charge in [-0.2, -0.15) is 0 Å². The second-order valence-electron chi connectivity index (χ2n) is 6.66. The summed E-state index contributed by atoms with van der Waals surface area (Å²) >= 11 is 0. The molecule has 0 unspecified atom stereocenters. The van der Waals surface area contributed by atoms with Gasteiger partial charge in [0.25, 0.3) is 0 Å². The van der Waals surface area contributed by atoms with E-state index in [0.29, 0.717) is 25.9 Å². The van der Waals surface area contributed by atoms with Crippen molar-refractivity contribution in [3.05, 3.63) is 48.2 Å². The Morgan fingerprint density at radius 3 is 2.38 bits per heavy atom. The monoisotopic (exact) mass is 352 g/mol. The summed E-state index contributed by atoms with van der Waals surface area (Å²) in [4.78, 5) is 15.4. The first-order valence-electron chi connectivity index (χ1n) is 8.81. The number of piperidine rings is 1. The van der Waals surface area contributed by atoms with Crippen LogP contribution in [0.2, 0.25) is 0 Å². The molecule has 26 heavy (non-hydrogen) atoms. The third-order valence-electron chi connectivity index (χ3n) is 4.63. The van der Waals surface area contributed by atoms with E-state index in [4.69, 9.17) is 5.10 Å². The zero-order chi connectivity index (χ0) is 18.1. The van der Waals surface area contributed by atoms with Crippen LogP contribution in [-0.2, 0) is 0 Å². The highest BCUT2D eigenvalue weighted by molar-refractivity contribution is 5.62. The third-order valence-corrected chi connectivity index (χ3v) is 4.63. The average molecular weight is 352 g/mol. The summed E-state index contributed by atoms with van der Waals surface area (Å²) in [5, 5.41) is 4.77. The van der Waals surface area contributed by atoms with E-state index in [2.05, 4.69) is 19.9 Å². The van der Waals surface area contributed by atoms with Crippen molar-refractivity contribution in [2.45, 2.75) is 32.9 Å². The molecular formula is C19H21FN6. The highest BCUT2D eigenvalue weighted by Gasteiger charge is 2.22. The molecule has 0 radical (unpaired) electrons. The van der Waals surface area contributed by atoms with Crippen LogP contribution in [-0.4, -0.2) is 44.0 Å². The standard InChI is InChI=1S/C19H21FN6/c1-13-3-4-16(11-21-13)26-18(17-12-22-14(2)10-23-17)9-19(24-26)25-7-5-15(20)6-8-25/h3-4,9-12,15H,5-8H2,1-2H3. The Kier molecular flexibility index (Phi) is 4.36. The van der Waals surface area contributed by atoms with Crippen LogP contribution in [0.5, 0.6) is 0 Å². The van der Waals surface area contributed by atoms with Crippen molar-refractivity contribution in [2.24, 2.45) is 0 Å². The number of aromatic nitrogens is 5. The molecule has 7 heteroatoms. The van der Waals surface area contributed by atoms with E-state index in [1.807, 2.05) is 36.7 Å². The zero-order valence-electron chi connectivity index (χ0n) is 14.9. The van der Waals surface area contributed by atoms with Gasteiger partial charge in [-0.1, -0.05) is 0 Å². The van der Waals surface area contributed by atoms with Crippen LogP contribution in [0.1, 0.15) is 24.2 Å². The van der Waals surface area contributed by atoms with Gasteiger partial charge < -0.3 is 4.90 Å². The van der Waals surface area contributed by atoms with E-state index >= 15 is 0 Å². The first-order chi connectivity index (χ1) is 12.6. The number of alkyl halides is 1. The van der Waals surface area contributed by atoms with Gasteiger partial charge in [0, 0.05) is 31.0 Å². The lowest BCUT2D eigenvalue weighted by Gasteiger charge is -2.28. The predicted octanol–water partition coefficient (Wildman–Crippen LogP) is 3.28. The van der Waals surface area contributed by atoms with Crippen molar-refractivity contribution in [3.63, 3.8) is 0 Å². The number of rotatable bonds is 3. The third kappa shape index (κ3) is 3.29. The van der Waals surface area contributed by atoms with Crippen molar-refractivity contribution < 1.29 is 4.39 Å². The molecule has 1 aliphatic heterocycles. The smallest absolute Gasteiger partial charge is 0.151 e. The molecule has 1 fully saturated rings. The number of pyridine rings is 1. The summed E-state index contributed by atoms with van der Waals surface area (Å²) in [7, 11) is 0. The molecule has 0 bridgehead atoms. The first kappa shape index (κ1) is 16.6. The molecule has 0 aromatic carbocycles. The quantitative estimate of drug-likeness (QED) is 0.724. The molecule has 1 saturated heterocycles. The van der Waals surface area contributed by atoms with Crippen molar-refractivity contribution in [1.29, 1.82) is 0 Å². The molecular weight excluding hydrogens is 331 g/mol. The van der Waals surface area contributed by atoms with Crippen molar-refractivity contribution in [3.8, 4) is 17.1 Å². The summed E-state index contributed by atoms with van der Waals surface area (Å²) in [5.74, 6) is 0.829. The average Bonchev–Trinajstić information content (AvgIpc) is 3.09. The Balaban J connectivity index is 1.77. The van der Waals surface area contributed by atoms with Gasteiger partial charge in [0.15, 0.2) is 5.82 Å². The second kappa shape index (κ2) is 6.82. The van der Waals surface area contributed by atoms with Gasteiger partial charge in [0.2, 0.25) is 0 Å². The minimum Gasteiger partial charge on any atom is -0.355 e. The van der Waals surface area contributed by atoms with Gasteiger partial charge in [-0.05, 0) is 38.8 Å². The molecule has 0 spiro atoms. The minimum absolute atomic E-state index is 0.540. The van der Waals surface area contributed by atoms with Crippen LogP contribution in [0.15, 0.2) is 36.8 Å². The maximum atomic E-state index is 13.5. The Labute approximate surface area is 151 Å². The van der Waals surface area contributed by atoms with Gasteiger partial charge in [0.1, 0.15) is 11.9 Å². The first-order valence-corrected chi connectivity index (χ1v) is 8.81. The Hall–Kier alpha value is -2.83.